The summed E-state index contributed by atoms with van der Waals surface area (Å²) in [6.07, 6.45) is 0. The fraction of sp³-hybridized carbons (Fsp3) is 0.143. The summed E-state index contributed by atoms with van der Waals surface area (Å²) in [5.41, 5.74) is 2.00. The first-order chi connectivity index (χ1) is 9.13. The van der Waals surface area contributed by atoms with Gasteiger partial charge in [0, 0.05) is 5.56 Å². The molecule has 0 saturated carbocycles. The van der Waals surface area contributed by atoms with E-state index < -0.39 is 7.12 Å². The fourth-order valence-electron chi connectivity index (χ4n) is 1.89. The largest absolute Gasteiger partial charge is 0.492 e. The van der Waals surface area contributed by atoms with E-state index in [4.69, 9.17) is 16.3 Å². The quantitative estimate of drug-likeness (QED) is 0.841. The third-order valence-corrected chi connectivity index (χ3v) is 3.02. The molecule has 0 fully saturated rings. The highest BCUT2D eigenvalue weighted by molar-refractivity contribution is 6.59. The molecule has 5 heteroatoms. The minimum absolute atomic E-state index is 0.340. The fourth-order valence-corrected chi connectivity index (χ4v) is 2.17. The van der Waals surface area contributed by atoms with Crippen LogP contribution in [0.15, 0.2) is 42.5 Å². The molecule has 2 rings (SSSR count). The molecule has 0 spiro atoms. The maximum Gasteiger partial charge on any atom is 0.488 e. The van der Waals surface area contributed by atoms with E-state index in [-0.39, 0.29) is 0 Å². The summed E-state index contributed by atoms with van der Waals surface area (Å²) in [7, 11) is -1.56. The zero-order valence-electron chi connectivity index (χ0n) is 10.5. The Hall–Kier alpha value is -1.49. The van der Waals surface area contributed by atoms with Gasteiger partial charge in [0.2, 0.25) is 0 Å². The van der Waals surface area contributed by atoms with Gasteiger partial charge in [-0.3, -0.25) is 0 Å². The van der Waals surface area contributed by atoms with Crippen LogP contribution < -0.4 is 10.2 Å². The Morgan fingerprint density at radius 2 is 1.84 bits per heavy atom. The lowest BCUT2D eigenvalue weighted by molar-refractivity contribution is 0.342. The number of halogens is 1. The van der Waals surface area contributed by atoms with E-state index in [1.54, 1.807) is 6.07 Å². The van der Waals surface area contributed by atoms with E-state index >= 15 is 0 Å². The lowest BCUT2D eigenvalue weighted by Gasteiger charge is -2.14. The number of benzene rings is 2. The Morgan fingerprint density at radius 3 is 2.42 bits per heavy atom. The van der Waals surface area contributed by atoms with Crippen molar-refractivity contribution in [3.63, 3.8) is 0 Å². The maximum absolute atomic E-state index is 9.30. The van der Waals surface area contributed by atoms with Crippen LogP contribution in [0, 0.1) is 0 Å². The third-order valence-electron chi connectivity index (χ3n) is 2.74. The van der Waals surface area contributed by atoms with Crippen molar-refractivity contribution < 1.29 is 14.8 Å². The van der Waals surface area contributed by atoms with Crippen LogP contribution in [-0.2, 0) is 0 Å². The molecule has 0 aliphatic carbocycles. The first-order valence-electron chi connectivity index (χ1n) is 6.01. The van der Waals surface area contributed by atoms with Gasteiger partial charge in [0.05, 0.1) is 11.6 Å². The molecule has 0 saturated heterocycles. The standard InChI is InChI=1S/C14H14BClO3/c1-2-19-14-12(10-6-4-3-5-7-10)8-11(15(17)18)9-13(14)16/h3-9,17-18H,2H2,1H3. The molecule has 0 unspecified atom stereocenters. The second kappa shape index (κ2) is 6.11. The van der Waals surface area contributed by atoms with Crippen molar-refractivity contribution in [2.45, 2.75) is 6.92 Å². The Morgan fingerprint density at radius 1 is 1.16 bits per heavy atom. The Bertz CT molecular complexity index is 558. The molecule has 0 aliphatic heterocycles. The van der Waals surface area contributed by atoms with E-state index in [0.717, 1.165) is 11.1 Å². The van der Waals surface area contributed by atoms with Crippen molar-refractivity contribution in [2.75, 3.05) is 6.61 Å². The average molecular weight is 277 g/mol. The minimum atomic E-state index is -1.56. The smallest absolute Gasteiger partial charge is 0.488 e. The van der Waals surface area contributed by atoms with Crippen LogP contribution in [0.1, 0.15) is 6.92 Å². The van der Waals surface area contributed by atoms with Gasteiger partial charge in [0.15, 0.2) is 0 Å². The molecule has 19 heavy (non-hydrogen) atoms. The van der Waals surface area contributed by atoms with Gasteiger partial charge in [-0.1, -0.05) is 48.0 Å². The monoisotopic (exact) mass is 276 g/mol. The summed E-state index contributed by atoms with van der Waals surface area (Å²) >= 11 is 6.16. The summed E-state index contributed by atoms with van der Waals surface area (Å²) in [5.74, 6) is 0.555. The van der Waals surface area contributed by atoms with E-state index in [1.165, 1.54) is 6.07 Å². The maximum atomic E-state index is 9.30. The van der Waals surface area contributed by atoms with E-state index in [2.05, 4.69) is 0 Å². The van der Waals surface area contributed by atoms with Crippen molar-refractivity contribution in [2.24, 2.45) is 0 Å². The van der Waals surface area contributed by atoms with Crippen LogP contribution >= 0.6 is 11.6 Å². The molecule has 0 aromatic heterocycles. The Labute approximate surface area is 117 Å². The van der Waals surface area contributed by atoms with Crippen molar-refractivity contribution in [3.8, 4) is 16.9 Å². The predicted octanol–water partition coefficient (Wildman–Crippen LogP) is 2.09. The van der Waals surface area contributed by atoms with Gasteiger partial charge >= 0.3 is 7.12 Å². The zero-order chi connectivity index (χ0) is 13.8. The molecule has 2 aromatic carbocycles. The summed E-state index contributed by atoms with van der Waals surface area (Å²) in [6, 6.07) is 12.7. The molecule has 0 heterocycles. The van der Waals surface area contributed by atoms with Crippen LogP contribution in [0.4, 0.5) is 0 Å². The van der Waals surface area contributed by atoms with E-state index in [1.807, 2.05) is 37.3 Å². The second-order valence-corrected chi connectivity index (χ2v) is 4.46. The van der Waals surface area contributed by atoms with Gasteiger partial charge < -0.3 is 14.8 Å². The minimum Gasteiger partial charge on any atom is -0.492 e. The first kappa shape index (κ1) is 13.9. The molecule has 0 aliphatic rings. The molecule has 3 nitrogen and oxygen atoms in total. The van der Waals surface area contributed by atoms with Crippen molar-refractivity contribution >= 4 is 24.2 Å². The van der Waals surface area contributed by atoms with Crippen molar-refractivity contribution in [1.29, 1.82) is 0 Å². The molecule has 0 bridgehead atoms. The number of rotatable bonds is 4. The van der Waals surface area contributed by atoms with Gasteiger partial charge in [-0.25, -0.2) is 0 Å². The van der Waals surface area contributed by atoms with E-state index in [9.17, 15) is 10.0 Å². The molecule has 0 radical (unpaired) electrons. The molecule has 98 valence electrons. The predicted molar refractivity (Wildman–Crippen MR) is 77.9 cm³/mol. The van der Waals surface area contributed by atoms with Crippen LogP contribution in [0.25, 0.3) is 11.1 Å². The summed E-state index contributed by atoms with van der Waals surface area (Å²) in [6.45, 7) is 2.36. The Kier molecular flexibility index (Phi) is 4.48. The molecule has 2 aromatic rings. The molecular weight excluding hydrogens is 262 g/mol. The summed E-state index contributed by atoms with van der Waals surface area (Å²) in [4.78, 5) is 0. The van der Waals surface area contributed by atoms with Crippen LogP contribution in [0.3, 0.4) is 0 Å². The normalized spacial score (nSPS) is 10.3. The van der Waals surface area contributed by atoms with Gasteiger partial charge in [-0.15, -0.1) is 0 Å². The summed E-state index contributed by atoms with van der Waals surface area (Å²) < 4.78 is 5.56. The molecular formula is C14H14BClO3. The topological polar surface area (TPSA) is 49.7 Å². The lowest BCUT2D eigenvalue weighted by atomic mass is 9.79. The lowest BCUT2D eigenvalue weighted by Crippen LogP contribution is -2.30. The number of hydrogen-bond donors (Lipinski definition) is 2. The van der Waals surface area contributed by atoms with Gasteiger partial charge in [0.1, 0.15) is 5.75 Å². The molecule has 0 amide bonds. The number of hydrogen-bond acceptors (Lipinski definition) is 3. The van der Waals surface area contributed by atoms with Crippen LogP contribution in [0.2, 0.25) is 5.02 Å². The highest BCUT2D eigenvalue weighted by atomic mass is 35.5. The van der Waals surface area contributed by atoms with Crippen LogP contribution in [0.5, 0.6) is 5.75 Å². The Balaban J connectivity index is 2.61. The van der Waals surface area contributed by atoms with E-state index in [0.29, 0.717) is 22.8 Å². The van der Waals surface area contributed by atoms with Gasteiger partial charge in [-0.05, 0) is 24.0 Å². The molecule has 0 atom stereocenters. The molecule has 2 N–H and O–H groups in total. The average Bonchev–Trinajstić information content (AvgIpc) is 2.41. The third kappa shape index (κ3) is 3.10. The number of ether oxygens (including phenoxy) is 1. The second-order valence-electron chi connectivity index (χ2n) is 4.05. The summed E-state index contributed by atoms with van der Waals surface area (Å²) in [5, 5.41) is 19.0. The zero-order valence-corrected chi connectivity index (χ0v) is 11.3. The van der Waals surface area contributed by atoms with Crippen molar-refractivity contribution in [3.05, 3.63) is 47.5 Å². The SMILES string of the molecule is CCOc1c(Cl)cc(B(O)O)cc1-c1ccccc1. The highest BCUT2D eigenvalue weighted by Crippen LogP contribution is 2.35. The van der Waals surface area contributed by atoms with Gasteiger partial charge in [-0.2, -0.15) is 0 Å². The van der Waals surface area contributed by atoms with Crippen LogP contribution in [-0.4, -0.2) is 23.8 Å². The van der Waals surface area contributed by atoms with Crippen molar-refractivity contribution in [1.82, 2.24) is 0 Å². The highest BCUT2D eigenvalue weighted by Gasteiger charge is 2.18. The van der Waals surface area contributed by atoms with Gasteiger partial charge in [0.25, 0.3) is 0 Å². The first-order valence-corrected chi connectivity index (χ1v) is 6.39.